The number of rotatable bonds is 5. The third kappa shape index (κ3) is 3.01. The second-order valence-corrected chi connectivity index (χ2v) is 3.15. The molecule has 0 spiro atoms. The van der Waals surface area contributed by atoms with E-state index in [0.29, 0.717) is 12.6 Å². The molecule has 2 N–H and O–H groups in total. The summed E-state index contributed by atoms with van der Waals surface area (Å²) in [5.74, 6) is 0.797. The van der Waals surface area contributed by atoms with Crippen molar-refractivity contribution in [1.29, 1.82) is 0 Å². The molecule has 3 nitrogen and oxygen atoms in total. The third-order valence-corrected chi connectivity index (χ3v) is 2.17. The Labute approximate surface area is 84.7 Å². The summed E-state index contributed by atoms with van der Waals surface area (Å²) in [6, 6.07) is 8.22. The molecule has 0 amide bonds. The van der Waals surface area contributed by atoms with E-state index in [1.165, 1.54) is 5.56 Å². The van der Waals surface area contributed by atoms with Gasteiger partial charge in [0.1, 0.15) is 12.4 Å². The van der Waals surface area contributed by atoms with E-state index in [0.717, 1.165) is 5.75 Å². The molecule has 0 fully saturated rings. The van der Waals surface area contributed by atoms with Crippen molar-refractivity contribution in [2.24, 2.45) is 0 Å². The zero-order valence-electron chi connectivity index (χ0n) is 8.66. The van der Waals surface area contributed by atoms with Gasteiger partial charge in [0, 0.05) is 6.04 Å². The van der Waals surface area contributed by atoms with Crippen LogP contribution in [-0.2, 0) is 0 Å². The van der Waals surface area contributed by atoms with Gasteiger partial charge in [-0.05, 0) is 31.7 Å². The second-order valence-electron chi connectivity index (χ2n) is 3.15. The molecule has 0 aliphatic carbocycles. The normalized spacial score (nSPS) is 12.5. The van der Waals surface area contributed by atoms with Crippen LogP contribution in [-0.4, -0.2) is 25.4 Å². The number of hydrogen-bond donors (Lipinski definition) is 2. The van der Waals surface area contributed by atoms with Crippen LogP contribution in [0.2, 0.25) is 0 Å². The van der Waals surface area contributed by atoms with Gasteiger partial charge in [0.05, 0.1) is 6.61 Å². The first-order valence-corrected chi connectivity index (χ1v) is 4.79. The quantitative estimate of drug-likeness (QED) is 0.745. The maximum atomic E-state index is 8.57. The van der Waals surface area contributed by atoms with E-state index in [1.54, 1.807) is 0 Å². The zero-order valence-corrected chi connectivity index (χ0v) is 8.66. The first-order valence-electron chi connectivity index (χ1n) is 4.79. The minimum atomic E-state index is 0.0503. The average Bonchev–Trinajstić information content (AvgIpc) is 2.26. The van der Waals surface area contributed by atoms with E-state index in [4.69, 9.17) is 9.84 Å². The van der Waals surface area contributed by atoms with Crippen LogP contribution in [0.4, 0.5) is 0 Å². The van der Waals surface area contributed by atoms with Crippen LogP contribution in [0.25, 0.3) is 0 Å². The Balaban J connectivity index is 2.59. The van der Waals surface area contributed by atoms with Gasteiger partial charge in [-0.3, -0.25) is 0 Å². The minimum absolute atomic E-state index is 0.0503. The lowest BCUT2D eigenvalue weighted by Gasteiger charge is -2.11. The molecule has 0 saturated carbocycles. The molecule has 0 aliphatic rings. The summed E-state index contributed by atoms with van der Waals surface area (Å²) in [7, 11) is 1.93. The Morgan fingerprint density at radius 2 is 2.00 bits per heavy atom. The molecule has 14 heavy (non-hydrogen) atoms. The van der Waals surface area contributed by atoms with Crippen LogP contribution in [0.15, 0.2) is 24.3 Å². The monoisotopic (exact) mass is 195 g/mol. The highest BCUT2D eigenvalue weighted by Gasteiger charge is 2.01. The van der Waals surface area contributed by atoms with E-state index in [9.17, 15) is 0 Å². The van der Waals surface area contributed by atoms with Gasteiger partial charge in [-0.1, -0.05) is 12.1 Å². The molecule has 0 aliphatic heterocycles. The van der Waals surface area contributed by atoms with Crippen molar-refractivity contribution < 1.29 is 9.84 Å². The summed E-state index contributed by atoms with van der Waals surface area (Å²) < 4.78 is 5.25. The molecule has 0 aromatic heterocycles. The lowest BCUT2D eigenvalue weighted by Crippen LogP contribution is -2.12. The number of aliphatic hydroxyl groups excluding tert-OH is 1. The maximum absolute atomic E-state index is 8.57. The molecule has 0 radical (unpaired) electrons. The lowest BCUT2D eigenvalue weighted by molar-refractivity contribution is 0.201. The summed E-state index contributed by atoms with van der Waals surface area (Å²) in [5.41, 5.74) is 1.23. The van der Waals surface area contributed by atoms with Crippen molar-refractivity contribution in [3.05, 3.63) is 29.8 Å². The predicted octanol–water partition coefficient (Wildman–Crippen LogP) is 1.34. The van der Waals surface area contributed by atoms with Gasteiger partial charge in [-0.2, -0.15) is 0 Å². The molecule has 1 aromatic carbocycles. The van der Waals surface area contributed by atoms with E-state index < -0.39 is 0 Å². The van der Waals surface area contributed by atoms with Crippen molar-refractivity contribution in [2.75, 3.05) is 20.3 Å². The zero-order chi connectivity index (χ0) is 10.4. The predicted molar refractivity (Wildman–Crippen MR) is 56.5 cm³/mol. The van der Waals surface area contributed by atoms with Gasteiger partial charge in [0.2, 0.25) is 0 Å². The fourth-order valence-electron chi connectivity index (χ4n) is 1.18. The van der Waals surface area contributed by atoms with Crippen LogP contribution >= 0.6 is 0 Å². The molecule has 1 atom stereocenters. The Hall–Kier alpha value is -1.06. The molecule has 1 rings (SSSR count). The number of ether oxygens (including phenoxy) is 1. The lowest BCUT2D eigenvalue weighted by atomic mass is 10.1. The Bertz CT molecular complexity index is 258. The van der Waals surface area contributed by atoms with Gasteiger partial charge in [0.15, 0.2) is 0 Å². The SMILES string of the molecule is CN[C@@H](C)c1ccc(OCCO)cc1. The number of aliphatic hydroxyl groups is 1. The summed E-state index contributed by atoms with van der Waals surface area (Å²) in [6.45, 7) is 2.50. The molecular weight excluding hydrogens is 178 g/mol. The highest BCUT2D eigenvalue weighted by molar-refractivity contribution is 5.28. The largest absolute Gasteiger partial charge is 0.491 e. The first kappa shape index (κ1) is 11.0. The summed E-state index contributed by atoms with van der Waals surface area (Å²) in [6.07, 6.45) is 0. The van der Waals surface area contributed by atoms with E-state index in [-0.39, 0.29) is 6.61 Å². The minimum Gasteiger partial charge on any atom is -0.491 e. The number of benzene rings is 1. The molecule has 0 bridgehead atoms. The maximum Gasteiger partial charge on any atom is 0.119 e. The van der Waals surface area contributed by atoms with Crippen LogP contribution in [0.1, 0.15) is 18.5 Å². The van der Waals surface area contributed by atoms with E-state index in [2.05, 4.69) is 12.2 Å². The van der Waals surface area contributed by atoms with E-state index in [1.807, 2.05) is 31.3 Å². The van der Waals surface area contributed by atoms with Crippen molar-refractivity contribution in [3.8, 4) is 5.75 Å². The third-order valence-electron chi connectivity index (χ3n) is 2.17. The van der Waals surface area contributed by atoms with Gasteiger partial charge in [-0.25, -0.2) is 0 Å². The molecule has 3 heteroatoms. The summed E-state index contributed by atoms with van der Waals surface area (Å²) in [4.78, 5) is 0. The van der Waals surface area contributed by atoms with Crippen molar-refractivity contribution >= 4 is 0 Å². The fraction of sp³-hybridized carbons (Fsp3) is 0.455. The second kappa shape index (κ2) is 5.62. The number of hydrogen-bond acceptors (Lipinski definition) is 3. The van der Waals surface area contributed by atoms with Gasteiger partial charge in [0.25, 0.3) is 0 Å². The van der Waals surface area contributed by atoms with Crippen molar-refractivity contribution in [3.63, 3.8) is 0 Å². The molecule has 1 aromatic rings. The Morgan fingerprint density at radius 1 is 1.36 bits per heavy atom. The van der Waals surface area contributed by atoms with E-state index >= 15 is 0 Å². The van der Waals surface area contributed by atoms with Crippen LogP contribution in [0.5, 0.6) is 5.75 Å². The summed E-state index contributed by atoms with van der Waals surface area (Å²) in [5, 5.41) is 11.7. The Kier molecular flexibility index (Phi) is 4.43. The van der Waals surface area contributed by atoms with Crippen LogP contribution in [0.3, 0.4) is 0 Å². The smallest absolute Gasteiger partial charge is 0.119 e. The molecule has 0 unspecified atom stereocenters. The van der Waals surface area contributed by atoms with Gasteiger partial charge >= 0.3 is 0 Å². The van der Waals surface area contributed by atoms with Crippen molar-refractivity contribution in [1.82, 2.24) is 5.32 Å². The van der Waals surface area contributed by atoms with Crippen molar-refractivity contribution in [2.45, 2.75) is 13.0 Å². The first-order chi connectivity index (χ1) is 6.77. The molecular formula is C11H17NO2. The highest BCUT2D eigenvalue weighted by Crippen LogP contribution is 2.16. The van der Waals surface area contributed by atoms with Gasteiger partial charge in [-0.15, -0.1) is 0 Å². The Morgan fingerprint density at radius 3 is 2.50 bits per heavy atom. The van der Waals surface area contributed by atoms with Crippen LogP contribution in [0, 0.1) is 0 Å². The summed E-state index contributed by atoms with van der Waals surface area (Å²) >= 11 is 0. The van der Waals surface area contributed by atoms with Gasteiger partial charge < -0.3 is 15.2 Å². The molecule has 0 saturated heterocycles. The molecule has 78 valence electrons. The topological polar surface area (TPSA) is 41.5 Å². The fourth-order valence-corrected chi connectivity index (χ4v) is 1.18. The molecule has 0 heterocycles. The highest BCUT2D eigenvalue weighted by atomic mass is 16.5. The number of nitrogens with one attached hydrogen (secondary N) is 1. The standard InChI is InChI=1S/C11H17NO2/c1-9(12-2)10-3-5-11(6-4-10)14-8-7-13/h3-6,9,12-13H,7-8H2,1-2H3/t9-/m0/s1. The van der Waals surface area contributed by atoms with Crippen LogP contribution < -0.4 is 10.1 Å². The average molecular weight is 195 g/mol.